The predicted octanol–water partition coefficient (Wildman–Crippen LogP) is 2.80. The summed E-state index contributed by atoms with van der Waals surface area (Å²) >= 11 is 1.70. The van der Waals surface area contributed by atoms with Gasteiger partial charge in [0.2, 0.25) is 5.91 Å². The predicted molar refractivity (Wildman–Crippen MR) is 83.7 cm³/mol. The van der Waals surface area contributed by atoms with Gasteiger partial charge in [0.05, 0.1) is 12.1 Å². The molecular formula is C16H20N2OS. The normalized spacial score (nSPS) is 13.8. The summed E-state index contributed by atoms with van der Waals surface area (Å²) in [5.41, 5.74) is 7.05. The van der Waals surface area contributed by atoms with Gasteiger partial charge in [0.15, 0.2) is 0 Å². The maximum Gasteiger partial charge on any atom is 0.237 e. The second-order valence-electron chi connectivity index (χ2n) is 4.97. The topological polar surface area (TPSA) is 55.1 Å². The third-order valence-electron chi connectivity index (χ3n) is 3.18. The van der Waals surface area contributed by atoms with Crippen LogP contribution in [0.4, 0.5) is 0 Å². The van der Waals surface area contributed by atoms with Gasteiger partial charge in [-0.05, 0) is 38.0 Å². The van der Waals surface area contributed by atoms with Crippen molar-refractivity contribution >= 4 is 17.2 Å². The van der Waals surface area contributed by atoms with Crippen LogP contribution in [0.1, 0.15) is 28.3 Å². The lowest BCUT2D eigenvalue weighted by Crippen LogP contribution is -2.42. The van der Waals surface area contributed by atoms with Gasteiger partial charge in [-0.3, -0.25) is 4.79 Å². The molecule has 1 amide bonds. The summed E-state index contributed by atoms with van der Waals surface area (Å²) < 4.78 is 0. The Morgan fingerprint density at radius 3 is 2.55 bits per heavy atom. The Balaban J connectivity index is 1.91. The number of thiophene rings is 1. The van der Waals surface area contributed by atoms with Crippen molar-refractivity contribution in [3.05, 3.63) is 57.8 Å². The number of carbonyl (C=O) groups excluding carboxylic acids is 1. The molecule has 0 aliphatic heterocycles. The molecule has 0 saturated heterocycles. The summed E-state index contributed by atoms with van der Waals surface area (Å²) in [6.45, 7) is 4.04. The molecule has 106 valence electrons. The lowest BCUT2D eigenvalue weighted by Gasteiger charge is -2.16. The van der Waals surface area contributed by atoms with E-state index in [-0.39, 0.29) is 11.9 Å². The Kier molecular flexibility index (Phi) is 4.93. The first-order chi connectivity index (χ1) is 9.56. The molecule has 3 nitrogen and oxygen atoms in total. The summed E-state index contributed by atoms with van der Waals surface area (Å²) in [5, 5.41) is 2.98. The van der Waals surface area contributed by atoms with Crippen LogP contribution in [0.25, 0.3) is 0 Å². The van der Waals surface area contributed by atoms with Gasteiger partial charge in [0.1, 0.15) is 0 Å². The average molecular weight is 288 g/mol. The van der Waals surface area contributed by atoms with Crippen molar-refractivity contribution in [2.24, 2.45) is 5.73 Å². The molecule has 3 N–H and O–H groups in total. The number of benzene rings is 1. The minimum absolute atomic E-state index is 0.00280. The van der Waals surface area contributed by atoms with E-state index in [4.69, 9.17) is 5.73 Å². The zero-order chi connectivity index (χ0) is 14.5. The summed E-state index contributed by atoms with van der Waals surface area (Å²) in [6.07, 6.45) is 0.558. The number of nitrogens with two attached hydrogens (primary N) is 1. The molecule has 1 aromatic heterocycles. The molecule has 2 rings (SSSR count). The number of hydrogen-bond acceptors (Lipinski definition) is 3. The Labute approximate surface area is 123 Å². The summed E-state index contributed by atoms with van der Waals surface area (Å²) in [5.74, 6) is -0.104. The Hall–Kier alpha value is -1.65. The van der Waals surface area contributed by atoms with Crippen molar-refractivity contribution in [3.63, 3.8) is 0 Å². The Bertz CT molecular complexity index is 565. The molecule has 0 bridgehead atoms. The van der Waals surface area contributed by atoms with E-state index in [0.29, 0.717) is 6.42 Å². The molecule has 2 atom stereocenters. The van der Waals surface area contributed by atoms with Crippen molar-refractivity contribution in [1.82, 2.24) is 5.32 Å². The monoisotopic (exact) mass is 288 g/mol. The maximum absolute atomic E-state index is 12.1. The van der Waals surface area contributed by atoms with Gasteiger partial charge in [-0.25, -0.2) is 0 Å². The third-order valence-corrected chi connectivity index (χ3v) is 4.37. The summed E-state index contributed by atoms with van der Waals surface area (Å²) in [7, 11) is 0. The average Bonchev–Trinajstić information content (AvgIpc) is 2.86. The van der Waals surface area contributed by atoms with E-state index in [1.807, 2.05) is 43.3 Å². The van der Waals surface area contributed by atoms with Gasteiger partial charge >= 0.3 is 0 Å². The fourth-order valence-corrected chi connectivity index (χ4v) is 2.92. The second-order valence-corrected chi connectivity index (χ2v) is 6.29. The second kappa shape index (κ2) is 6.68. The van der Waals surface area contributed by atoms with E-state index >= 15 is 0 Å². The highest BCUT2D eigenvalue weighted by Crippen LogP contribution is 2.22. The molecule has 0 aliphatic carbocycles. The number of nitrogens with one attached hydrogen (secondary N) is 1. The molecule has 4 heteroatoms. The smallest absolute Gasteiger partial charge is 0.237 e. The highest BCUT2D eigenvalue weighted by atomic mass is 32.1. The number of rotatable bonds is 5. The molecule has 0 spiro atoms. The maximum atomic E-state index is 12.1. The third kappa shape index (κ3) is 3.92. The minimum atomic E-state index is -0.513. The number of aryl methyl sites for hydroxylation is 1. The van der Waals surface area contributed by atoms with E-state index in [1.54, 1.807) is 11.3 Å². The standard InChI is InChI=1S/C16H20N2OS/c1-11-8-9-15(20-11)12(2)18-16(19)14(17)10-13-6-4-3-5-7-13/h3-9,12,14H,10,17H2,1-2H3,(H,18,19). The Morgan fingerprint density at radius 1 is 1.25 bits per heavy atom. The molecule has 0 fully saturated rings. The zero-order valence-corrected chi connectivity index (χ0v) is 12.6. The molecule has 20 heavy (non-hydrogen) atoms. The van der Waals surface area contributed by atoms with Crippen LogP contribution in [0.3, 0.4) is 0 Å². The molecule has 0 aliphatic rings. The fraction of sp³-hybridized carbons (Fsp3) is 0.312. The number of carbonyl (C=O) groups is 1. The molecular weight excluding hydrogens is 268 g/mol. The van der Waals surface area contributed by atoms with Gasteiger partial charge in [0.25, 0.3) is 0 Å². The largest absolute Gasteiger partial charge is 0.347 e. The molecule has 0 radical (unpaired) electrons. The molecule has 0 saturated carbocycles. The van der Waals surface area contributed by atoms with E-state index in [1.165, 1.54) is 4.88 Å². The first-order valence-electron chi connectivity index (χ1n) is 6.72. The molecule has 1 aromatic carbocycles. The van der Waals surface area contributed by atoms with Crippen LogP contribution in [-0.4, -0.2) is 11.9 Å². The zero-order valence-electron chi connectivity index (χ0n) is 11.8. The lowest BCUT2D eigenvalue weighted by atomic mass is 10.1. The van der Waals surface area contributed by atoms with Crippen LogP contribution < -0.4 is 11.1 Å². The summed E-state index contributed by atoms with van der Waals surface area (Å²) in [6, 6.07) is 13.4. The van der Waals surface area contributed by atoms with Gasteiger partial charge in [-0.15, -0.1) is 11.3 Å². The minimum Gasteiger partial charge on any atom is -0.347 e. The highest BCUT2D eigenvalue weighted by Gasteiger charge is 2.17. The Morgan fingerprint density at radius 2 is 1.95 bits per heavy atom. The van der Waals surface area contributed by atoms with Crippen LogP contribution in [0, 0.1) is 6.92 Å². The quantitative estimate of drug-likeness (QED) is 0.889. The van der Waals surface area contributed by atoms with Crippen molar-refractivity contribution in [1.29, 1.82) is 0 Å². The van der Waals surface area contributed by atoms with E-state index in [0.717, 1.165) is 10.4 Å². The van der Waals surface area contributed by atoms with Gasteiger partial charge < -0.3 is 11.1 Å². The molecule has 2 aromatic rings. The number of amides is 1. The number of hydrogen-bond donors (Lipinski definition) is 2. The van der Waals surface area contributed by atoms with E-state index < -0.39 is 6.04 Å². The SMILES string of the molecule is Cc1ccc(C(C)NC(=O)C(N)Cc2ccccc2)s1. The van der Waals surface area contributed by atoms with Crippen molar-refractivity contribution in [2.45, 2.75) is 32.4 Å². The van der Waals surface area contributed by atoms with Gasteiger partial charge in [-0.1, -0.05) is 30.3 Å². The van der Waals surface area contributed by atoms with Crippen LogP contribution in [0.15, 0.2) is 42.5 Å². The van der Waals surface area contributed by atoms with Crippen LogP contribution in [0.2, 0.25) is 0 Å². The van der Waals surface area contributed by atoms with Crippen molar-refractivity contribution < 1.29 is 4.79 Å². The van der Waals surface area contributed by atoms with Gasteiger partial charge in [-0.2, -0.15) is 0 Å². The molecule has 1 heterocycles. The van der Waals surface area contributed by atoms with Crippen LogP contribution >= 0.6 is 11.3 Å². The lowest BCUT2D eigenvalue weighted by molar-refractivity contribution is -0.122. The van der Waals surface area contributed by atoms with Crippen molar-refractivity contribution in [3.8, 4) is 0 Å². The highest BCUT2D eigenvalue weighted by molar-refractivity contribution is 7.12. The first kappa shape index (κ1) is 14.8. The van der Waals surface area contributed by atoms with Gasteiger partial charge in [0, 0.05) is 9.75 Å². The fourth-order valence-electron chi connectivity index (χ4n) is 2.04. The first-order valence-corrected chi connectivity index (χ1v) is 7.54. The van der Waals surface area contributed by atoms with Crippen LogP contribution in [-0.2, 0) is 11.2 Å². The van der Waals surface area contributed by atoms with E-state index in [2.05, 4.69) is 18.3 Å². The van der Waals surface area contributed by atoms with Crippen molar-refractivity contribution in [2.75, 3.05) is 0 Å². The molecule has 2 unspecified atom stereocenters. The van der Waals surface area contributed by atoms with E-state index in [9.17, 15) is 4.79 Å². The summed E-state index contributed by atoms with van der Waals surface area (Å²) in [4.78, 5) is 14.5. The van der Waals surface area contributed by atoms with Crippen LogP contribution in [0.5, 0.6) is 0 Å².